The van der Waals surface area contributed by atoms with Crippen LogP contribution in [0.2, 0.25) is 0 Å². The molecule has 0 atom stereocenters. The molecule has 0 fully saturated rings. The van der Waals surface area contributed by atoms with Gasteiger partial charge in [-0.15, -0.1) is 0 Å². The van der Waals surface area contributed by atoms with Crippen LogP contribution in [0.3, 0.4) is 0 Å². The van der Waals surface area contributed by atoms with E-state index < -0.39 is 0 Å². The topological polar surface area (TPSA) is 9.86 Å². The van der Waals surface area contributed by atoms with Crippen molar-refractivity contribution in [1.29, 1.82) is 0 Å². The van der Waals surface area contributed by atoms with Crippen molar-refractivity contribution in [2.24, 2.45) is 0 Å². The van der Waals surface area contributed by atoms with Crippen molar-refractivity contribution >= 4 is 43.6 Å². The van der Waals surface area contributed by atoms with E-state index in [0.29, 0.717) is 0 Å². The van der Waals surface area contributed by atoms with Crippen LogP contribution < -0.4 is 0 Å². The molecule has 10 aromatic carbocycles. The van der Waals surface area contributed by atoms with E-state index >= 15 is 0 Å². The molecule has 0 spiro atoms. The minimum atomic E-state index is 1.15. The van der Waals surface area contributed by atoms with Gasteiger partial charge in [0.15, 0.2) is 0 Å². The van der Waals surface area contributed by atoms with Gasteiger partial charge in [0.1, 0.15) is 0 Å². The van der Waals surface area contributed by atoms with Gasteiger partial charge in [-0.3, -0.25) is 0 Å². The predicted octanol–water partition coefficient (Wildman–Crippen LogP) is 18.3. The third-order valence-electron chi connectivity index (χ3n) is 12.6. The van der Waals surface area contributed by atoms with E-state index in [1.54, 1.807) is 0 Å². The number of para-hydroxylation sites is 3. The van der Waals surface area contributed by atoms with E-state index in [-0.39, 0.29) is 0 Å². The summed E-state index contributed by atoms with van der Waals surface area (Å²) in [6, 6.07) is 88.3. The summed E-state index contributed by atoms with van der Waals surface area (Å²) in [5, 5.41) is 4.97. The molecule has 0 aliphatic heterocycles. The molecule has 0 N–H and O–H groups in total. The molecular weight excluding hydrogens is 797 g/mol. The number of fused-ring (bicyclic) bond motifs is 6. The van der Waals surface area contributed by atoms with Crippen molar-refractivity contribution in [2.75, 3.05) is 0 Å². The quantitative estimate of drug-likeness (QED) is 0.151. The molecule has 2 aromatic heterocycles. The summed E-state index contributed by atoms with van der Waals surface area (Å²) in [6.07, 6.45) is 0. The summed E-state index contributed by atoms with van der Waals surface area (Å²) < 4.78 is 4.84. The first-order chi connectivity index (χ1) is 32.7. The van der Waals surface area contributed by atoms with Gasteiger partial charge in [0.05, 0.1) is 27.8 Å². The molecule has 2 heterocycles. The van der Waals surface area contributed by atoms with Crippen molar-refractivity contribution in [2.45, 2.75) is 27.7 Å². The van der Waals surface area contributed by atoms with Gasteiger partial charge >= 0.3 is 0 Å². The zero-order valence-electron chi connectivity index (χ0n) is 38.0. The maximum Gasteiger partial charge on any atom is 0.0541 e. The summed E-state index contributed by atoms with van der Waals surface area (Å²) in [7, 11) is 0. The Labute approximate surface area is 388 Å². The van der Waals surface area contributed by atoms with Gasteiger partial charge < -0.3 is 9.13 Å². The molecule has 0 unspecified atom stereocenters. The molecule has 0 radical (unpaired) electrons. The molecule has 0 aliphatic carbocycles. The number of hydrogen-bond acceptors (Lipinski definition) is 0. The average molecular weight is 849 g/mol. The third-order valence-corrected chi connectivity index (χ3v) is 12.6. The maximum absolute atomic E-state index is 2.44. The van der Waals surface area contributed by atoms with Crippen LogP contribution in [-0.4, -0.2) is 9.13 Å². The highest BCUT2D eigenvalue weighted by atomic mass is 15.0. The Bertz CT molecular complexity index is 3580. The van der Waals surface area contributed by atoms with Gasteiger partial charge in [-0.05, 0) is 105 Å². The summed E-state index contributed by atoms with van der Waals surface area (Å²) in [5.74, 6) is 0. The van der Waals surface area contributed by atoms with Crippen LogP contribution in [0, 0.1) is 0 Å². The molecule has 12 rings (SSSR count). The first-order valence-electron chi connectivity index (χ1n) is 23.3. The first kappa shape index (κ1) is 41.8. The van der Waals surface area contributed by atoms with Crippen LogP contribution in [0.4, 0.5) is 0 Å². The fraction of sp³-hybridized carbons (Fsp3) is 0.0625. The molecule has 66 heavy (non-hydrogen) atoms. The van der Waals surface area contributed by atoms with Crippen molar-refractivity contribution in [3.8, 4) is 67.0 Å². The van der Waals surface area contributed by atoms with Crippen LogP contribution in [0.1, 0.15) is 27.7 Å². The van der Waals surface area contributed by atoms with Crippen LogP contribution >= 0.6 is 0 Å². The Balaban J connectivity index is 0.00000125. The van der Waals surface area contributed by atoms with Crippen molar-refractivity contribution in [3.05, 3.63) is 243 Å². The molecule has 0 bridgehead atoms. The minimum absolute atomic E-state index is 1.15. The fourth-order valence-electron chi connectivity index (χ4n) is 9.52. The van der Waals surface area contributed by atoms with Crippen molar-refractivity contribution in [1.82, 2.24) is 9.13 Å². The van der Waals surface area contributed by atoms with Crippen LogP contribution in [-0.2, 0) is 0 Å². The number of rotatable bonds is 7. The monoisotopic (exact) mass is 848 g/mol. The Morgan fingerprint density at radius 1 is 0.227 bits per heavy atom. The van der Waals surface area contributed by atoms with Gasteiger partial charge in [-0.25, -0.2) is 0 Å². The number of aromatic nitrogens is 2. The average Bonchev–Trinajstić information content (AvgIpc) is 3.92. The zero-order valence-corrected chi connectivity index (χ0v) is 38.0. The van der Waals surface area contributed by atoms with Crippen LogP contribution in [0.25, 0.3) is 111 Å². The van der Waals surface area contributed by atoms with Crippen LogP contribution in [0.15, 0.2) is 243 Å². The molecule has 0 saturated heterocycles. The van der Waals surface area contributed by atoms with E-state index in [2.05, 4.69) is 252 Å². The molecule has 2 nitrogen and oxygen atoms in total. The summed E-state index contributed by atoms with van der Waals surface area (Å²) in [5.41, 5.74) is 19.2. The Morgan fingerprint density at radius 3 is 1.06 bits per heavy atom. The van der Waals surface area contributed by atoms with Crippen molar-refractivity contribution < 1.29 is 0 Å². The minimum Gasteiger partial charge on any atom is -0.309 e. The first-order valence-corrected chi connectivity index (χ1v) is 23.3. The predicted molar refractivity (Wildman–Crippen MR) is 285 cm³/mol. The zero-order chi connectivity index (χ0) is 45.0. The van der Waals surface area contributed by atoms with Gasteiger partial charge in [-0.1, -0.05) is 216 Å². The van der Waals surface area contributed by atoms with E-state index in [4.69, 9.17) is 0 Å². The van der Waals surface area contributed by atoms with Gasteiger partial charge in [0.25, 0.3) is 0 Å². The third kappa shape index (κ3) is 7.57. The molecule has 318 valence electrons. The molecule has 2 heteroatoms. The molecule has 0 aliphatic rings. The lowest BCUT2D eigenvalue weighted by Gasteiger charge is -2.14. The lowest BCUT2D eigenvalue weighted by atomic mass is 9.99. The lowest BCUT2D eigenvalue weighted by molar-refractivity contribution is 1.18. The molecule has 0 amide bonds. The smallest absolute Gasteiger partial charge is 0.0541 e. The Hall–Kier alpha value is -8.20. The SMILES string of the molecule is CC.CC.c1ccc(-c2ccc(-c3ccc(-n4c5ccccc5c5cc(-c6ccc7c(c6)c6ccccc6n7-c6ccccc6-c6ccc(-c7ccccc7)cc6)ccc54)cc3)cc2)cc1. The Kier molecular flexibility index (Phi) is 11.7. The number of hydrogen-bond donors (Lipinski definition) is 0. The van der Waals surface area contributed by atoms with Crippen molar-refractivity contribution in [3.63, 3.8) is 0 Å². The number of benzene rings is 10. The highest BCUT2D eigenvalue weighted by Gasteiger charge is 2.18. The highest BCUT2D eigenvalue weighted by molar-refractivity contribution is 6.13. The second kappa shape index (κ2) is 18.5. The molecule has 0 saturated carbocycles. The van der Waals surface area contributed by atoms with E-state index in [1.165, 1.54) is 105 Å². The molecular formula is C64H52N2. The highest BCUT2D eigenvalue weighted by Crippen LogP contribution is 2.40. The Morgan fingerprint density at radius 2 is 0.561 bits per heavy atom. The largest absolute Gasteiger partial charge is 0.309 e. The van der Waals surface area contributed by atoms with Gasteiger partial charge in [0.2, 0.25) is 0 Å². The second-order valence-electron chi connectivity index (χ2n) is 16.1. The summed E-state index contributed by atoms with van der Waals surface area (Å²) in [4.78, 5) is 0. The number of nitrogens with zero attached hydrogens (tertiary/aromatic N) is 2. The summed E-state index contributed by atoms with van der Waals surface area (Å²) >= 11 is 0. The maximum atomic E-state index is 2.44. The van der Waals surface area contributed by atoms with E-state index in [1.807, 2.05) is 27.7 Å². The van der Waals surface area contributed by atoms with E-state index in [0.717, 1.165) is 5.69 Å². The fourth-order valence-corrected chi connectivity index (χ4v) is 9.52. The van der Waals surface area contributed by atoms with Gasteiger partial charge in [0, 0.05) is 32.8 Å². The van der Waals surface area contributed by atoms with E-state index in [9.17, 15) is 0 Å². The molecule has 12 aromatic rings. The lowest BCUT2D eigenvalue weighted by Crippen LogP contribution is -1.97. The second-order valence-corrected chi connectivity index (χ2v) is 16.1. The van der Waals surface area contributed by atoms with Crippen LogP contribution in [0.5, 0.6) is 0 Å². The standard InChI is InChI=1S/C60H40N2.2C2H6/c1-3-13-41(14-4-1)43-23-25-45(26-24-43)46-31-35-50(36-32-46)61-57-21-11-8-18-52(57)54-39-48(33-37-59(54)61)49-34-38-60-55(40-49)53-19-9-12-22-58(53)62(60)56-20-10-7-17-51(56)47-29-27-44(28-30-47)42-15-5-2-6-16-42;2*1-2/h1-40H;2*1-2H3. The normalized spacial score (nSPS) is 11.0. The van der Waals surface area contributed by atoms with Gasteiger partial charge in [-0.2, -0.15) is 0 Å². The summed E-state index contributed by atoms with van der Waals surface area (Å²) in [6.45, 7) is 8.00.